The largest absolute Gasteiger partial charge is 0.375 e. The highest BCUT2D eigenvalue weighted by Gasteiger charge is 2.27. The van der Waals surface area contributed by atoms with Gasteiger partial charge in [-0.15, -0.1) is 11.8 Å². The first-order valence-corrected chi connectivity index (χ1v) is 7.97. The number of nitrogens with one attached hydrogen (secondary N) is 2. The molecule has 2 atom stereocenters. The Morgan fingerprint density at radius 1 is 1.45 bits per heavy atom. The predicted octanol–water partition coefficient (Wildman–Crippen LogP) is 1.58. The summed E-state index contributed by atoms with van der Waals surface area (Å²) in [7, 11) is 0. The molecule has 5 heteroatoms. The minimum atomic E-state index is -0.229. The first kappa shape index (κ1) is 15.4. The van der Waals surface area contributed by atoms with Gasteiger partial charge in [-0.1, -0.05) is 17.7 Å². The molecule has 1 amide bonds. The molecule has 0 saturated carbocycles. The van der Waals surface area contributed by atoms with E-state index in [-0.39, 0.29) is 18.1 Å². The zero-order valence-electron chi connectivity index (χ0n) is 12.0. The van der Waals surface area contributed by atoms with E-state index >= 15 is 0 Å². The van der Waals surface area contributed by atoms with Crippen molar-refractivity contribution in [2.75, 3.05) is 25.4 Å². The highest BCUT2D eigenvalue weighted by molar-refractivity contribution is 7.99. The predicted molar refractivity (Wildman–Crippen MR) is 82.1 cm³/mol. The SMILES string of the molecule is Cc1ccc(SCCNC(=O)[C@H]2NCCO[C@@H]2C)cc1. The summed E-state index contributed by atoms with van der Waals surface area (Å²) < 4.78 is 5.47. The summed E-state index contributed by atoms with van der Waals surface area (Å²) in [6.45, 7) is 6.09. The normalized spacial score (nSPS) is 22.5. The number of morpholine rings is 1. The summed E-state index contributed by atoms with van der Waals surface area (Å²) >= 11 is 1.75. The molecule has 1 saturated heterocycles. The summed E-state index contributed by atoms with van der Waals surface area (Å²) in [4.78, 5) is 13.2. The van der Waals surface area contributed by atoms with Gasteiger partial charge in [0.2, 0.25) is 5.91 Å². The van der Waals surface area contributed by atoms with Gasteiger partial charge in [-0.05, 0) is 26.0 Å². The van der Waals surface area contributed by atoms with Gasteiger partial charge in [0.1, 0.15) is 6.04 Å². The molecule has 1 fully saturated rings. The lowest BCUT2D eigenvalue weighted by Gasteiger charge is -2.29. The van der Waals surface area contributed by atoms with Crippen molar-refractivity contribution in [3.8, 4) is 0 Å². The lowest BCUT2D eigenvalue weighted by molar-refractivity contribution is -0.128. The Balaban J connectivity index is 1.67. The molecule has 1 aromatic rings. The number of rotatable bonds is 5. The van der Waals surface area contributed by atoms with E-state index in [1.165, 1.54) is 10.5 Å². The first-order valence-electron chi connectivity index (χ1n) is 6.99. The van der Waals surface area contributed by atoms with Crippen LogP contribution in [0.5, 0.6) is 0 Å². The summed E-state index contributed by atoms with van der Waals surface area (Å²) in [6, 6.07) is 8.20. The average Bonchev–Trinajstić information content (AvgIpc) is 2.46. The molecule has 0 aliphatic carbocycles. The van der Waals surface area contributed by atoms with E-state index in [1.807, 2.05) is 6.92 Å². The Bertz CT molecular complexity index is 436. The van der Waals surface area contributed by atoms with Crippen molar-refractivity contribution in [3.63, 3.8) is 0 Å². The maximum absolute atomic E-state index is 12.0. The topological polar surface area (TPSA) is 50.4 Å². The van der Waals surface area contributed by atoms with E-state index in [4.69, 9.17) is 4.74 Å². The number of amides is 1. The molecule has 0 aromatic heterocycles. The Morgan fingerprint density at radius 2 is 2.20 bits per heavy atom. The van der Waals surface area contributed by atoms with Gasteiger partial charge in [-0.3, -0.25) is 4.79 Å². The molecule has 1 heterocycles. The second-order valence-corrected chi connectivity index (χ2v) is 6.13. The number of carbonyl (C=O) groups is 1. The zero-order chi connectivity index (χ0) is 14.4. The van der Waals surface area contributed by atoms with Gasteiger partial charge in [0.25, 0.3) is 0 Å². The molecule has 0 bridgehead atoms. The number of thioether (sulfide) groups is 1. The molecule has 20 heavy (non-hydrogen) atoms. The van der Waals surface area contributed by atoms with E-state index in [1.54, 1.807) is 11.8 Å². The van der Waals surface area contributed by atoms with Crippen LogP contribution in [-0.4, -0.2) is 43.5 Å². The lowest BCUT2D eigenvalue weighted by Crippen LogP contribution is -2.55. The van der Waals surface area contributed by atoms with Crippen LogP contribution in [-0.2, 0) is 9.53 Å². The van der Waals surface area contributed by atoms with Crippen LogP contribution in [0.25, 0.3) is 0 Å². The number of ether oxygens (including phenoxy) is 1. The minimum absolute atomic E-state index is 0.0294. The highest BCUT2D eigenvalue weighted by Crippen LogP contribution is 2.17. The fraction of sp³-hybridized carbons (Fsp3) is 0.533. The van der Waals surface area contributed by atoms with Crippen LogP contribution in [0.2, 0.25) is 0 Å². The van der Waals surface area contributed by atoms with Crippen molar-refractivity contribution < 1.29 is 9.53 Å². The Hall–Kier alpha value is -1.04. The summed E-state index contributed by atoms with van der Waals surface area (Å²) in [6.07, 6.45) is -0.0616. The molecule has 110 valence electrons. The van der Waals surface area contributed by atoms with Gasteiger partial charge in [-0.2, -0.15) is 0 Å². The number of hydrogen-bond donors (Lipinski definition) is 2. The van der Waals surface area contributed by atoms with E-state index in [0.29, 0.717) is 13.2 Å². The van der Waals surface area contributed by atoms with Crippen LogP contribution in [0.15, 0.2) is 29.2 Å². The van der Waals surface area contributed by atoms with E-state index in [2.05, 4.69) is 41.8 Å². The maximum Gasteiger partial charge on any atom is 0.239 e. The summed E-state index contributed by atoms with van der Waals surface area (Å²) in [5.41, 5.74) is 1.26. The molecule has 1 aliphatic heterocycles. The molecule has 0 spiro atoms. The lowest BCUT2D eigenvalue weighted by atomic mass is 10.1. The second kappa shape index (κ2) is 7.67. The van der Waals surface area contributed by atoms with Gasteiger partial charge in [-0.25, -0.2) is 0 Å². The Kier molecular flexibility index (Phi) is 5.88. The fourth-order valence-corrected chi connectivity index (χ4v) is 2.88. The molecule has 2 N–H and O–H groups in total. The minimum Gasteiger partial charge on any atom is -0.375 e. The van der Waals surface area contributed by atoms with Crippen molar-refractivity contribution in [3.05, 3.63) is 29.8 Å². The monoisotopic (exact) mass is 294 g/mol. The van der Waals surface area contributed by atoms with Gasteiger partial charge in [0, 0.05) is 23.7 Å². The smallest absolute Gasteiger partial charge is 0.239 e. The second-order valence-electron chi connectivity index (χ2n) is 4.96. The zero-order valence-corrected chi connectivity index (χ0v) is 12.8. The first-order chi connectivity index (χ1) is 9.66. The Labute approximate surface area is 124 Å². The highest BCUT2D eigenvalue weighted by atomic mass is 32.2. The molecule has 2 rings (SSSR count). The molecule has 1 aromatic carbocycles. The van der Waals surface area contributed by atoms with Crippen molar-refractivity contribution in [1.82, 2.24) is 10.6 Å². The van der Waals surface area contributed by atoms with Crippen LogP contribution >= 0.6 is 11.8 Å². The third-order valence-electron chi connectivity index (χ3n) is 3.29. The quantitative estimate of drug-likeness (QED) is 0.639. The molecular weight excluding hydrogens is 272 g/mol. The van der Waals surface area contributed by atoms with Crippen molar-refractivity contribution in [2.24, 2.45) is 0 Å². The third-order valence-corrected chi connectivity index (χ3v) is 4.30. The third kappa shape index (κ3) is 4.51. The standard InChI is InChI=1S/C15H22N2O2S/c1-11-3-5-13(6-4-11)20-10-8-17-15(18)14-12(2)19-9-7-16-14/h3-6,12,14,16H,7-10H2,1-2H3,(H,17,18)/t12-,14+/m1/s1. The van der Waals surface area contributed by atoms with Crippen LogP contribution in [0.3, 0.4) is 0 Å². The Morgan fingerprint density at radius 3 is 2.90 bits per heavy atom. The number of carbonyl (C=O) groups excluding carboxylic acids is 1. The average molecular weight is 294 g/mol. The van der Waals surface area contributed by atoms with Gasteiger partial charge >= 0.3 is 0 Å². The van der Waals surface area contributed by atoms with E-state index in [9.17, 15) is 4.79 Å². The fourth-order valence-electron chi connectivity index (χ4n) is 2.11. The molecule has 1 aliphatic rings. The van der Waals surface area contributed by atoms with Crippen LogP contribution < -0.4 is 10.6 Å². The molecular formula is C15H22N2O2S. The van der Waals surface area contributed by atoms with E-state index in [0.717, 1.165) is 12.3 Å². The number of aryl methyl sites for hydroxylation is 1. The number of hydrogen-bond acceptors (Lipinski definition) is 4. The van der Waals surface area contributed by atoms with Crippen molar-refractivity contribution in [2.45, 2.75) is 30.9 Å². The molecule has 0 unspecified atom stereocenters. The van der Waals surface area contributed by atoms with Gasteiger partial charge in [0.15, 0.2) is 0 Å². The van der Waals surface area contributed by atoms with E-state index < -0.39 is 0 Å². The molecule has 4 nitrogen and oxygen atoms in total. The van der Waals surface area contributed by atoms with Gasteiger partial charge in [0.05, 0.1) is 12.7 Å². The summed E-state index contributed by atoms with van der Waals surface area (Å²) in [5, 5.41) is 6.15. The van der Waals surface area contributed by atoms with Crippen LogP contribution in [0.1, 0.15) is 12.5 Å². The van der Waals surface area contributed by atoms with Gasteiger partial charge < -0.3 is 15.4 Å². The number of benzene rings is 1. The van der Waals surface area contributed by atoms with Crippen LogP contribution in [0.4, 0.5) is 0 Å². The van der Waals surface area contributed by atoms with Crippen molar-refractivity contribution in [1.29, 1.82) is 0 Å². The molecule has 0 radical (unpaired) electrons. The van der Waals surface area contributed by atoms with Crippen LogP contribution in [0, 0.1) is 6.92 Å². The maximum atomic E-state index is 12.0. The summed E-state index contributed by atoms with van der Waals surface area (Å²) in [5.74, 6) is 0.901. The van der Waals surface area contributed by atoms with Crippen molar-refractivity contribution >= 4 is 17.7 Å².